The smallest absolute Gasteiger partial charge is 0.154 e. The molecule has 0 saturated heterocycles. The fourth-order valence-electron chi connectivity index (χ4n) is 7.05. The first-order valence-corrected chi connectivity index (χ1v) is 18.6. The predicted molar refractivity (Wildman–Crippen MR) is 198 cm³/mol. The molecular formula is C39H34N8S2. The first-order valence-electron chi connectivity index (χ1n) is 16.9. The molecule has 10 rings (SSSR count). The summed E-state index contributed by atoms with van der Waals surface area (Å²) in [7, 11) is 0. The van der Waals surface area contributed by atoms with Gasteiger partial charge in [0.15, 0.2) is 11.6 Å². The summed E-state index contributed by atoms with van der Waals surface area (Å²) in [6, 6.07) is 21.0. The van der Waals surface area contributed by atoms with Crippen LogP contribution < -0.4 is 0 Å². The summed E-state index contributed by atoms with van der Waals surface area (Å²) in [5.74, 6) is 1.81. The number of thiophene rings is 2. The van der Waals surface area contributed by atoms with Crippen molar-refractivity contribution in [1.29, 1.82) is 0 Å². The second-order valence-corrected chi connectivity index (χ2v) is 14.8. The lowest BCUT2D eigenvalue weighted by molar-refractivity contribution is 0.785. The van der Waals surface area contributed by atoms with Crippen molar-refractivity contribution in [3.8, 4) is 32.8 Å². The van der Waals surface area contributed by atoms with E-state index >= 15 is 0 Å². The van der Waals surface area contributed by atoms with Gasteiger partial charge in [-0.25, -0.2) is 19.3 Å². The van der Waals surface area contributed by atoms with Crippen LogP contribution in [0.2, 0.25) is 0 Å². The quantitative estimate of drug-likeness (QED) is 0.181. The van der Waals surface area contributed by atoms with Gasteiger partial charge in [-0.05, 0) is 111 Å². The Bertz CT molecular complexity index is 2420. The van der Waals surface area contributed by atoms with Crippen molar-refractivity contribution in [2.75, 3.05) is 0 Å². The van der Waals surface area contributed by atoms with E-state index in [1.165, 1.54) is 76.7 Å². The second-order valence-electron chi connectivity index (χ2n) is 12.6. The summed E-state index contributed by atoms with van der Waals surface area (Å²) in [5, 5.41) is 12.3. The molecular weight excluding hydrogens is 645 g/mol. The Morgan fingerprint density at radius 1 is 0.653 bits per heavy atom. The van der Waals surface area contributed by atoms with Crippen molar-refractivity contribution >= 4 is 42.8 Å². The van der Waals surface area contributed by atoms with Crippen LogP contribution in [0.25, 0.3) is 53.0 Å². The number of aromatic nitrogens is 8. The number of fused-ring (bicyclic) bond motifs is 4. The van der Waals surface area contributed by atoms with Gasteiger partial charge in [0.2, 0.25) is 0 Å². The van der Waals surface area contributed by atoms with Gasteiger partial charge in [-0.15, -0.1) is 22.7 Å². The molecule has 0 aliphatic heterocycles. The van der Waals surface area contributed by atoms with Crippen molar-refractivity contribution < 1.29 is 0 Å². The lowest BCUT2D eigenvalue weighted by atomic mass is 10.1. The van der Waals surface area contributed by atoms with E-state index in [-0.39, 0.29) is 0 Å². The van der Waals surface area contributed by atoms with Crippen LogP contribution in [0, 0.1) is 6.92 Å². The highest BCUT2D eigenvalue weighted by atomic mass is 32.1. The first-order chi connectivity index (χ1) is 24.1. The molecule has 8 aromatic heterocycles. The SMILES string of the molecule is CCc1cccc(-n2nc3c(c2-c2cc4ccncc4s2)CCC3)n1.Cc1cccc(-n2nc3c(c2-c2cc4ccncc4s2)CCC3)n1. The van der Waals surface area contributed by atoms with Crippen molar-refractivity contribution in [3.63, 3.8) is 0 Å². The Hall–Kier alpha value is -5.06. The molecule has 8 heterocycles. The Kier molecular flexibility index (Phi) is 7.62. The third kappa shape index (κ3) is 5.45. The average molecular weight is 679 g/mol. The molecule has 10 heteroatoms. The molecule has 8 nitrogen and oxygen atoms in total. The third-order valence-electron chi connectivity index (χ3n) is 9.39. The van der Waals surface area contributed by atoms with E-state index in [0.29, 0.717) is 0 Å². The van der Waals surface area contributed by atoms with Gasteiger partial charge >= 0.3 is 0 Å². The van der Waals surface area contributed by atoms with E-state index in [9.17, 15) is 0 Å². The highest BCUT2D eigenvalue weighted by Gasteiger charge is 2.27. The molecule has 0 fully saturated rings. The van der Waals surface area contributed by atoms with Crippen LogP contribution in [-0.4, -0.2) is 39.5 Å². The molecule has 0 spiro atoms. The number of hydrogen-bond donors (Lipinski definition) is 0. The maximum Gasteiger partial charge on any atom is 0.154 e. The van der Waals surface area contributed by atoms with Gasteiger partial charge in [0, 0.05) is 47.3 Å². The van der Waals surface area contributed by atoms with Crippen molar-refractivity contribution in [2.45, 2.75) is 58.8 Å². The summed E-state index contributed by atoms with van der Waals surface area (Å²) >= 11 is 3.57. The number of pyridine rings is 4. The van der Waals surface area contributed by atoms with Gasteiger partial charge in [-0.3, -0.25) is 9.97 Å². The fourth-order valence-corrected chi connectivity index (χ4v) is 9.23. The zero-order valence-electron chi connectivity index (χ0n) is 27.4. The van der Waals surface area contributed by atoms with E-state index in [1.807, 2.05) is 54.6 Å². The standard InChI is InChI=1S/C20H18N4S.C19H16N4S/c1-2-14-5-3-8-19(22-14)24-20(15-6-4-7-16(15)23-24)17-11-13-9-10-21-12-18(13)25-17;1-12-4-2-7-18(21-12)23-19(14-5-3-6-15(14)22-23)16-10-13-8-9-20-11-17(13)24-16/h3,5,8-12H,2,4,6-7H2,1H3;2,4,7-11H,3,5-6H2,1H3. The largest absolute Gasteiger partial charge is 0.263 e. The van der Waals surface area contributed by atoms with Gasteiger partial charge in [0.25, 0.3) is 0 Å². The highest BCUT2D eigenvalue weighted by Crippen LogP contribution is 2.41. The average Bonchev–Trinajstić information content (AvgIpc) is 3.97. The number of hydrogen-bond acceptors (Lipinski definition) is 8. The second kappa shape index (κ2) is 12.4. The number of aryl methyl sites for hydroxylation is 4. The zero-order chi connectivity index (χ0) is 32.9. The molecule has 0 saturated carbocycles. The van der Waals surface area contributed by atoms with E-state index in [0.717, 1.165) is 55.1 Å². The van der Waals surface area contributed by atoms with Gasteiger partial charge in [-0.1, -0.05) is 19.1 Å². The van der Waals surface area contributed by atoms with E-state index in [1.54, 1.807) is 22.7 Å². The van der Waals surface area contributed by atoms with E-state index < -0.39 is 0 Å². The van der Waals surface area contributed by atoms with Crippen LogP contribution in [0.15, 0.2) is 85.5 Å². The maximum absolute atomic E-state index is 4.93. The molecule has 0 radical (unpaired) electrons. The first kappa shape index (κ1) is 30.0. The minimum absolute atomic E-state index is 0.898. The van der Waals surface area contributed by atoms with Gasteiger partial charge < -0.3 is 0 Å². The van der Waals surface area contributed by atoms with Crippen LogP contribution in [-0.2, 0) is 32.1 Å². The Balaban J connectivity index is 0.000000133. The summed E-state index contributed by atoms with van der Waals surface area (Å²) in [4.78, 5) is 20.5. The number of rotatable bonds is 5. The van der Waals surface area contributed by atoms with Crippen LogP contribution in [0.3, 0.4) is 0 Å². The minimum Gasteiger partial charge on any atom is -0.263 e. The van der Waals surface area contributed by atoms with Crippen molar-refractivity contribution in [1.82, 2.24) is 39.5 Å². The predicted octanol–water partition coefficient (Wildman–Crippen LogP) is 8.94. The lowest BCUT2D eigenvalue weighted by Gasteiger charge is -2.08. The summed E-state index contributed by atoms with van der Waals surface area (Å²) in [6.07, 6.45) is 15.2. The normalized spacial score (nSPS) is 13.5. The molecule has 49 heavy (non-hydrogen) atoms. The Labute approximate surface area is 292 Å². The fraction of sp³-hybridized carbons (Fsp3) is 0.231. The summed E-state index contributed by atoms with van der Waals surface area (Å²) in [5.41, 5.74) is 9.77. The minimum atomic E-state index is 0.898. The molecule has 242 valence electrons. The molecule has 8 aromatic rings. The molecule has 0 bridgehead atoms. The van der Waals surface area contributed by atoms with Crippen LogP contribution in [0.5, 0.6) is 0 Å². The molecule has 0 N–H and O–H groups in total. The topological polar surface area (TPSA) is 87.2 Å². The Morgan fingerprint density at radius 3 is 1.73 bits per heavy atom. The molecule has 0 amide bonds. The van der Waals surface area contributed by atoms with E-state index in [4.69, 9.17) is 15.2 Å². The van der Waals surface area contributed by atoms with Gasteiger partial charge in [-0.2, -0.15) is 10.2 Å². The van der Waals surface area contributed by atoms with Crippen molar-refractivity contribution in [3.05, 3.63) is 119 Å². The van der Waals surface area contributed by atoms with Gasteiger partial charge in [0.05, 0.1) is 41.9 Å². The zero-order valence-corrected chi connectivity index (χ0v) is 29.1. The monoisotopic (exact) mass is 678 g/mol. The highest BCUT2D eigenvalue weighted by molar-refractivity contribution is 7.22. The van der Waals surface area contributed by atoms with E-state index in [2.05, 4.69) is 69.0 Å². The third-order valence-corrected chi connectivity index (χ3v) is 11.6. The van der Waals surface area contributed by atoms with Crippen LogP contribution >= 0.6 is 22.7 Å². The van der Waals surface area contributed by atoms with Crippen LogP contribution in [0.1, 0.15) is 53.7 Å². The molecule has 2 aliphatic rings. The Morgan fingerprint density at radius 2 is 1.20 bits per heavy atom. The maximum atomic E-state index is 4.93. The summed E-state index contributed by atoms with van der Waals surface area (Å²) < 4.78 is 6.52. The molecule has 0 unspecified atom stereocenters. The van der Waals surface area contributed by atoms with Crippen LogP contribution in [0.4, 0.5) is 0 Å². The molecule has 0 atom stereocenters. The van der Waals surface area contributed by atoms with Gasteiger partial charge in [0.1, 0.15) is 0 Å². The lowest BCUT2D eigenvalue weighted by Crippen LogP contribution is -2.04. The molecule has 2 aliphatic carbocycles. The molecule has 0 aromatic carbocycles. The van der Waals surface area contributed by atoms with Crippen molar-refractivity contribution in [2.24, 2.45) is 0 Å². The number of nitrogens with zero attached hydrogens (tertiary/aromatic N) is 8. The summed E-state index contributed by atoms with van der Waals surface area (Å²) in [6.45, 7) is 4.15.